The van der Waals surface area contributed by atoms with Crippen LogP contribution >= 0.6 is 11.6 Å². The van der Waals surface area contributed by atoms with E-state index in [4.69, 9.17) is 21.1 Å². The van der Waals surface area contributed by atoms with Gasteiger partial charge in [0.15, 0.2) is 6.61 Å². The number of benzene rings is 1. The van der Waals surface area contributed by atoms with Gasteiger partial charge in [0.1, 0.15) is 11.4 Å². The highest BCUT2D eigenvalue weighted by atomic mass is 35.5. The van der Waals surface area contributed by atoms with E-state index in [9.17, 15) is 4.79 Å². The molecule has 4 nitrogen and oxygen atoms in total. The van der Waals surface area contributed by atoms with Crippen LogP contribution in [-0.4, -0.2) is 23.2 Å². The van der Waals surface area contributed by atoms with Gasteiger partial charge in [-0.3, -0.25) is 4.98 Å². The summed E-state index contributed by atoms with van der Waals surface area (Å²) in [7, 11) is 0. The lowest BCUT2D eigenvalue weighted by Gasteiger charge is -2.19. The monoisotopic (exact) mass is 399 g/mol. The first kappa shape index (κ1) is 21.8. The molecule has 0 aliphatic heterocycles. The lowest BCUT2D eigenvalue weighted by atomic mass is 10.00. The summed E-state index contributed by atoms with van der Waals surface area (Å²) < 4.78 is 10.9. The third-order valence-electron chi connectivity index (χ3n) is 3.58. The second-order valence-electron chi connectivity index (χ2n) is 7.90. The molecular formula is C23H26ClNO3. The fourth-order valence-corrected chi connectivity index (χ4v) is 2.69. The zero-order valence-electron chi connectivity index (χ0n) is 17.0. The van der Waals surface area contributed by atoms with E-state index >= 15 is 0 Å². The lowest BCUT2D eigenvalue weighted by molar-refractivity contribution is -0.157. The fraction of sp³-hybridized carbons (Fsp3) is 0.391. The van der Waals surface area contributed by atoms with Crippen molar-refractivity contribution in [1.29, 1.82) is 0 Å². The summed E-state index contributed by atoms with van der Waals surface area (Å²) in [5.74, 6) is 6.83. The first-order chi connectivity index (χ1) is 13.1. The van der Waals surface area contributed by atoms with Gasteiger partial charge in [0.2, 0.25) is 0 Å². The topological polar surface area (TPSA) is 48.4 Å². The maximum Gasteiger partial charge on any atom is 0.344 e. The van der Waals surface area contributed by atoms with E-state index in [2.05, 4.69) is 30.7 Å². The smallest absolute Gasteiger partial charge is 0.344 e. The molecule has 0 saturated heterocycles. The van der Waals surface area contributed by atoms with Crippen LogP contribution in [0.3, 0.4) is 0 Å². The van der Waals surface area contributed by atoms with Crippen LogP contribution in [0.4, 0.5) is 0 Å². The second-order valence-corrected chi connectivity index (χ2v) is 8.33. The van der Waals surface area contributed by atoms with Gasteiger partial charge in [-0.15, -0.1) is 0 Å². The van der Waals surface area contributed by atoms with E-state index in [1.165, 1.54) is 0 Å². The summed E-state index contributed by atoms with van der Waals surface area (Å²) in [6.45, 7) is 9.57. The van der Waals surface area contributed by atoms with Gasteiger partial charge in [-0.25, -0.2) is 4.79 Å². The van der Waals surface area contributed by atoms with Gasteiger partial charge >= 0.3 is 5.97 Å². The van der Waals surface area contributed by atoms with E-state index in [1.54, 1.807) is 30.6 Å². The van der Waals surface area contributed by atoms with Crippen molar-refractivity contribution in [2.75, 3.05) is 6.61 Å². The average Bonchev–Trinajstić information content (AvgIpc) is 2.58. The van der Waals surface area contributed by atoms with Gasteiger partial charge in [0.25, 0.3) is 0 Å². The Labute approximate surface area is 172 Å². The number of hydrogen-bond acceptors (Lipinski definition) is 4. The van der Waals surface area contributed by atoms with Crippen LogP contribution in [0.25, 0.3) is 0 Å². The summed E-state index contributed by atoms with van der Waals surface area (Å²) in [6, 6.07) is 7.11. The Balaban J connectivity index is 2.23. The molecule has 1 heterocycles. The number of ether oxygens (including phenoxy) is 2. The van der Waals surface area contributed by atoms with E-state index in [1.807, 2.05) is 26.8 Å². The third-order valence-corrected chi connectivity index (χ3v) is 3.81. The predicted octanol–water partition coefficient (Wildman–Crippen LogP) is 5.05. The molecule has 0 saturated carbocycles. The minimum Gasteiger partial charge on any atom is -0.481 e. The maximum atomic E-state index is 11.9. The minimum atomic E-state index is -0.559. The highest BCUT2D eigenvalue weighted by Crippen LogP contribution is 2.23. The Bertz CT molecular complexity index is 889. The van der Waals surface area contributed by atoms with E-state index in [0.717, 1.165) is 17.5 Å². The summed E-state index contributed by atoms with van der Waals surface area (Å²) in [4.78, 5) is 16.1. The molecule has 1 aromatic carbocycles. The van der Waals surface area contributed by atoms with Gasteiger partial charge in [-0.1, -0.05) is 37.3 Å². The predicted molar refractivity (Wildman–Crippen MR) is 112 cm³/mol. The number of esters is 1. The molecular weight excluding hydrogens is 374 g/mol. The molecule has 28 heavy (non-hydrogen) atoms. The van der Waals surface area contributed by atoms with Crippen LogP contribution in [0.5, 0.6) is 5.75 Å². The highest BCUT2D eigenvalue weighted by molar-refractivity contribution is 6.30. The van der Waals surface area contributed by atoms with Crippen molar-refractivity contribution >= 4 is 17.6 Å². The molecule has 5 heteroatoms. The molecule has 1 aromatic heterocycles. The Hall–Kier alpha value is -2.51. The fourth-order valence-electron chi connectivity index (χ4n) is 2.52. The summed E-state index contributed by atoms with van der Waals surface area (Å²) in [5.41, 5.74) is 2.07. The van der Waals surface area contributed by atoms with Crippen molar-refractivity contribution in [3.8, 4) is 17.6 Å². The molecule has 0 spiro atoms. The SMILES string of the molecule is CC(C)Cc1ccncc1C#Cc1cc(Cl)ccc1OCC(=O)OC(C)(C)C. The molecule has 0 aliphatic rings. The molecule has 0 fully saturated rings. The number of pyridine rings is 1. The normalized spacial score (nSPS) is 11.0. The average molecular weight is 400 g/mol. The van der Waals surface area contributed by atoms with Gasteiger partial charge in [-0.2, -0.15) is 0 Å². The third kappa shape index (κ3) is 7.25. The van der Waals surface area contributed by atoms with Crippen molar-refractivity contribution in [1.82, 2.24) is 4.98 Å². The van der Waals surface area contributed by atoms with E-state index in [-0.39, 0.29) is 6.61 Å². The maximum absolute atomic E-state index is 11.9. The van der Waals surface area contributed by atoms with Crippen molar-refractivity contribution in [3.05, 3.63) is 58.4 Å². The summed E-state index contributed by atoms with van der Waals surface area (Å²) >= 11 is 6.12. The van der Waals surface area contributed by atoms with Crippen molar-refractivity contribution in [2.24, 2.45) is 5.92 Å². The molecule has 0 amide bonds. The standard InChI is InChI=1S/C23H26ClNO3/c1-16(2)12-17-10-11-25-14-19(17)7-6-18-13-20(24)8-9-21(18)27-15-22(26)28-23(3,4)5/h8-11,13-14,16H,12,15H2,1-5H3. The van der Waals surface area contributed by atoms with Gasteiger partial charge < -0.3 is 9.47 Å². The molecule has 0 radical (unpaired) electrons. The molecule has 2 rings (SSSR count). The van der Waals surface area contributed by atoms with Crippen molar-refractivity contribution < 1.29 is 14.3 Å². The molecule has 0 bridgehead atoms. The van der Waals surface area contributed by atoms with Crippen molar-refractivity contribution in [3.63, 3.8) is 0 Å². The first-order valence-corrected chi connectivity index (χ1v) is 9.61. The number of carbonyl (C=O) groups excluding carboxylic acids is 1. The number of halogens is 1. The molecule has 0 unspecified atom stereocenters. The Morgan fingerprint density at radius 1 is 1.18 bits per heavy atom. The molecule has 0 atom stereocenters. The highest BCUT2D eigenvalue weighted by Gasteiger charge is 2.17. The van der Waals surface area contributed by atoms with Crippen LogP contribution in [0.15, 0.2) is 36.7 Å². The zero-order valence-corrected chi connectivity index (χ0v) is 17.8. The number of aromatic nitrogens is 1. The van der Waals surface area contributed by atoms with Crippen LogP contribution < -0.4 is 4.74 Å². The molecule has 2 aromatic rings. The zero-order chi connectivity index (χ0) is 20.7. The van der Waals surface area contributed by atoms with Crippen molar-refractivity contribution in [2.45, 2.75) is 46.6 Å². The Morgan fingerprint density at radius 3 is 2.57 bits per heavy atom. The Kier molecular flexibility index (Phi) is 7.48. The minimum absolute atomic E-state index is 0.195. The largest absolute Gasteiger partial charge is 0.481 e. The summed E-state index contributed by atoms with van der Waals surface area (Å²) in [6.07, 6.45) is 4.46. The quantitative estimate of drug-likeness (QED) is 0.521. The lowest BCUT2D eigenvalue weighted by Crippen LogP contribution is -2.27. The Morgan fingerprint density at radius 2 is 1.89 bits per heavy atom. The molecule has 148 valence electrons. The number of nitrogens with zero attached hydrogens (tertiary/aromatic N) is 1. The van der Waals surface area contributed by atoms with Gasteiger partial charge in [0, 0.05) is 23.0 Å². The van der Waals surface area contributed by atoms with E-state index < -0.39 is 11.6 Å². The van der Waals surface area contributed by atoms with Gasteiger partial charge in [-0.05, 0) is 62.9 Å². The van der Waals surface area contributed by atoms with Crippen LogP contribution in [0.1, 0.15) is 51.3 Å². The van der Waals surface area contributed by atoms with Crippen LogP contribution in [-0.2, 0) is 16.0 Å². The first-order valence-electron chi connectivity index (χ1n) is 9.23. The second kappa shape index (κ2) is 9.61. The van der Waals surface area contributed by atoms with Crippen LogP contribution in [0.2, 0.25) is 5.02 Å². The summed E-state index contributed by atoms with van der Waals surface area (Å²) in [5, 5.41) is 0.544. The molecule has 0 N–H and O–H groups in total. The number of rotatable bonds is 5. The number of hydrogen-bond donors (Lipinski definition) is 0. The van der Waals surface area contributed by atoms with Gasteiger partial charge in [0.05, 0.1) is 5.56 Å². The van der Waals surface area contributed by atoms with E-state index in [0.29, 0.717) is 22.3 Å². The molecule has 0 aliphatic carbocycles. The van der Waals surface area contributed by atoms with Crippen LogP contribution in [0, 0.1) is 17.8 Å². The number of carbonyl (C=O) groups is 1.